The largest absolute Gasteiger partial charge is 0.608 e. The minimum absolute atomic E-state index is 0.00384. The van der Waals surface area contributed by atoms with Crippen molar-refractivity contribution in [1.29, 1.82) is 0 Å². The number of phosphoric ester groups is 1. The van der Waals surface area contributed by atoms with Crippen LogP contribution in [0.4, 0.5) is 5.82 Å². The van der Waals surface area contributed by atoms with Crippen molar-refractivity contribution in [2.75, 3.05) is 26.1 Å². The molecule has 340 valence electrons. The number of halogens is 1. The molecule has 6 aromatic carbocycles. The van der Waals surface area contributed by atoms with Crippen molar-refractivity contribution in [2.45, 2.75) is 30.5 Å². The van der Waals surface area contributed by atoms with Crippen molar-refractivity contribution >= 4 is 42.2 Å². The lowest BCUT2D eigenvalue weighted by Gasteiger charge is -2.37. The van der Waals surface area contributed by atoms with E-state index < -0.39 is 43.5 Å². The van der Waals surface area contributed by atoms with E-state index >= 15 is 4.57 Å². The molecule has 1 amide bonds. The Morgan fingerprint density at radius 3 is 2.06 bits per heavy atom. The van der Waals surface area contributed by atoms with E-state index in [4.69, 9.17) is 44.2 Å². The van der Waals surface area contributed by atoms with Crippen LogP contribution in [-0.4, -0.2) is 63.6 Å². The topological polar surface area (TPSA) is 176 Å². The molecule has 18 heteroatoms. The molecule has 1 N–H and O–H groups in total. The van der Waals surface area contributed by atoms with Gasteiger partial charge in [0.2, 0.25) is 0 Å². The molecule has 2 aromatic heterocycles. The number of hydrogen-bond donors (Lipinski definition) is 1. The van der Waals surface area contributed by atoms with Crippen molar-refractivity contribution in [1.82, 2.24) is 24.7 Å². The average Bonchev–Trinajstić information content (AvgIpc) is 3.96. The highest BCUT2D eigenvalue weighted by Gasteiger charge is 2.48. The van der Waals surface area contributed by atoms with Crippen LogP contribution in [0, 0.1) is 0 Å². The first kappa shape index (κ1) is 44.9. The number of nitrogens with one attached hydrogen (secondary N) is 1. The number of para-hydroxylation sites is 2. The standard InChI is InChI=1S/C49H42ClN6O10P/c1-60-37-25-21-35(22-26-37)49(34-15-7-4-8-16-34,36-23-27-38(61-2)28-24-36)62-32-44-43(31-46(63-44)55-30-29-45(52-48(55)58)51-47(57)33-13-5-3-6-14-33)65-67(59,64-42-20-12-9-17-39(42)50)66-56-41-19-11-10-18-40(41)53-54-56/h3-30,43-44,46H,31-32H2,1-2H3,(H,51,52,57,58)/t43-,44+,46+,67?/m0/s1. The highest BCUT2D eigenvalue weighted by Crippen LogP contribution is 2.52. The number of benzene rings is 6. The fraction of sp³-hybridized carbons (Fsp3) is 0.163. The molecule has 0 aliphatic carbocycles. The quantitative estimate of drug-likeness (QED) is 0.0677. The average molecular weight is 941 g/mol. The van der Waals surface area contributed by atoms with Gasteiger partial charge in [0.05, 0.1) is 25.8 Å². The van der Waals surface area contributed by atoms with Crippen LogP contribution in [-0.2, 0) is 24.2 Å². The lowest BCUT2D eigenvalue weighted by Crippen LogP contribution is -2.38. The van der Waals surface area contributed by atoms with Crippen LogP contribution < -0.4 is 29.6 Å². The summed E-state index contributed by atoms with van der Waals surface area (Å²) in [6, 6.07) is 47.9. The Labute approximate surface area is 389 Å². The maximum Gasteiger partial charge on any atom is 0.608 e. The Morgan fingerprint density at radius 1 is 0.791 bits per heavy atom. The van der Waals surface area contributed by atoms with Gasteiger partial charge in [0, 0.05) is 18.2 Å². The smallest absolute Gasteiger partial charge is 0.497 e. The summed E-state index contributed by atoms with van der Waals surface area (Å²) in [4.78, 5) is 31.9. The van der Waals surface area contributed by atoms with E-state index in [1.807, 2.05) is 78.9 Å². The number of aromatic nitrogens is 5. The third kappa shape index (κ3) is 9.66. The van der Waals surface area contributed by atoms with Gasteiger partial charge in [-0.3, -0.25) is 18.5 Å². The van der Waals surface area contributed by atoms with Gasteiger partial charge in [0.1, 0.15) is 52.4 Å². The second-order valence-corrected chi connectivity index (χ2v) is 17.0. The Morgan fingerprint density at radius 2 is 1.40 bits per heavy atom. The molecule has 0 bridgehead atoms. The van der Waals surface area contributed by atoms with Crippen molar-refractivity contribution in [3.05, 3.63) is 208 Å². The zero-order valence-electron chi connectivity index (χ0n) is 36.0. The van der Waals surface area contributed by atoms with Gasteiger partial charge in [-0.2, -0.15) is 4.98 Å². The number of ether oxygens (including phenoxy) is 4. The zero-order valence-corrected chi connectivity index (χ0v) is 37.6. The summed E-state index contributed by atoms with van der Waals surface area (Å²) >= 11 is 6.54. The van der Waals surface area contributed by atoms with Gasteiger partial charge in [0.25, 0.3) is 5.91 Å². The molecule has 0 saturated carbocycles. The minimum atomic E-state index is -4.83. The second kappa shape index (κ2) is 19.6. The summed E-state index contributed by atoms with van der Waals surface area (Å²) in [5.41, 5.74) is 1.39. The van der Waals surface area contributed by atoms with Crippen molar-refractivity contribution in [3.63, 3.8) is 0 Å². The molecular weight excluding hydrogens is 899 g/mol. The normalized spacial score (nSPS) is 16.8. The maximum absolute atomic E-state index is 15.3. The monoisotopic (exact) mass is 940 g/mol. The molecule has 4 atom stereocenters. The van der Waals surface area contributed by atoms with Crippen LogP contribution in [0.15, 0.2) is 175 Å². The highest BCUT2D eigenvalue weighted by molar-refractivity contribution is 7.49. The van der Waals surface area contributed by atoms with E-state index in [1.54, 1.807) is 87.0 Å². The summed E-state index contributed by atoms with van der Waals surface area (Å²) < 4.78 is 60.1. The van der Waals surface area contributed by atoms with Crippen LogP contribution >= 0.6 is 19.4 Å². The zero-order chi connectivity index (χ0) is 46.4. The summed E-state index contributed by atoms with van der Waals surface area (Å²) in [7, 11) is -1.65. The van der Waals surface area contributed by atoms with Crippen molar-refractivity contribution < 1.29 is 42.0 Å². The Bertz CT molecular complexity index is 3040. The Kier molecular flexibility index (Phi) is 13.1. The van der Waals surface area contributed by atoms with Crippen LogP contribution in [0.3, 0.4) is 0 Å². The van der Waals surface area contributed by atoms with Gasteiger partial charge in [0.15, 0.2) is 5.75 Å². The number of amides is 1. The van der Waals surface area contributed by atoms with E-state index in [-0.39, 0.29) is 29.6 Å². The summed E-state index contributed by atoms with van der Waals surface area (Å²) in [6.07, 6.45) is -1.95. The lowest BCUT2D eigenvalue weighted by molar-refractivity contribution is -0.0939. The third-order valence-corrected chi connectivity index (χ3v) is 12.7. The Balaban J connectivity index is 1.11. The van der Waals surface area contributed by atoms with Crippen LogP contribution in [0.2, 0.25) is 5.02 Å². The number of rotatable bonds is 17. The van der Waals surface area contributed by atoms with Crippen molar-refractivity contribution in [3.8, 4) is 17.2 Å². The number of carbonyl (C=O) groups is 1. The first-order valence-corrected chi connectivity index (χ1v) is 22.8. The highest BCUT2D eigenvalue weighted by atomic mass is 35.5. The first-order valence-electron chi connectivity index (χ1n) is 21.0. The molecule has 0 radical (unpaired) electrons. The van der Waals surface area contributed by atoms with Gasteiger partial charge >= 0.3 is 13.5 Å². The van der Waals surface area contributed by atoms with E-state index in [0.717, 1.165) is 21.5 Å². The molecule has 3 heterocycles. The molecule has 8 aromatic rings. The van der Waals surface area contributed by atoms with Gasteiger partial charge in [-0.05, 0) is 88.6 Å². The number of nitrogens with zero attached hydrogens (tertiary/aromatic N) is 5. The van der Waals surface area contributed by atoms with E-state index in [2.05, 4.69) is 20.6 Å². The molecule has 67 heavy (non-hydrogen) atoms. The predicted octanol–water partition coefficient (Wildman–Crippen LogP) is 8.91. The molecule has 1 aliphatic heterocycles. The van der Waals surface area contributed by atoms with E-state index in [1.165, 1.54) is 22.9 Å². The summed E-state index contributed by atoms with van der Waals surface area (Å²) in [5.74, 6) is 0.845. The van der Waals surface area contributed by atoms with Crippen molar-refractivity contribution in [2.24, 2.45) is 0 Å². The SMILES string of the molecule is COc1ccc(C(OC[C@H]2O[C@@H](n3ccc(NC(=O)c4ccccc4)nc3=O)C[C@@H]2OP(=O)(Oc2ccccc2Cl)On2nnc3ccccc32)(c2ccccc2)c2ccc(OC)cc2)cc1. The molecule has 0 spiro atoms. The van der Waals surface area contributed by atoms with Gasteiger partial charge in [-0.1, -0.05) is 114 Å². The molecule has 1 fully saturated rings. The number of anilines is 1. The predicted molar refractivity (Wildman–Crippen MR) is 248 cm³/mol. The van der Waals surface area contributed by atoms with Crippen LogP contribution in [0.5, 0.6) is 17.2 Å². The second-order valence-electron chi connectivity index (χ2n) is 15.1. The Hall–Kier alpha value is -7.33. The molecule has 9 rings (SSSR count). The molecule has 1 unspecified atom stereocenters. The number of fused-ring (bicyclic) bond motifs is 1. The number of methoxy groups -OCH3 is 2. The summed E-state index contributed by atoms with van der Waals surface area (Å²) in [6.45, 7) is -0.222. The fourth-order valence-electron chi connectivity index (χ4n) is 7.76. The summed E-state index contributed by atoms with van der Waals surface area (Å²) in [5, 5.41) is 11.0. The van der Waals surface area contributed by atoms with E-state index in [0.29, 0.717) is 28.1 Å². The molecule has 16 nitrogen and oxygen atoms in total. The molecule has 1 aliphatic rings. The first-order chi connectivity index (χ1) is 32.6. The van der Waals surface area contributed by atoms with Gasteiger partial charge in [-0.25, -0.2) is 9.36 Å². The van der Waals surface area contributed by atoms with Crippen LogP contribution in [0.1, 0.15) is 39.7 Å². The number of carbonyl (C=O) groups excluding carboxylic acids is 1. The number of hydrogen-bond acceptors (Lipinski definition) is 13. The fourth-order valence-corrected chi connectivity index (χ4v) is 9.36. The lowest BCUT2D eigenvalue weighted by atomic mass is 9.80. The van der Waals surface area contributed by atoms with Gasteiger partial charge in [-0.15, -0.1) is 5.10 Å². The van der Waals surface area contributed by atoms with Gasteiger partial charge < -0.3 is 28.8 Å². The van der Waals surface area contributed by atoms with Crippen LogP contribution in [0.25, 0.3) is 11.0 Å². The maximum atomic E-state index is 15.3. The number of phosphoric acid groups is 1. The third-order valence-electron chi connectivity index (χ3n) is 11.0. The molecule has 1 saturated heterocycles. The molecular formula is C49H42ClN6O10P. The van der Waals surface area contributed by atoms with E-state index in [9.17, 15) is 9.59 Å². The minimum Gasteiger partial charge on any atom is -0.497 e.